The molecule has 0 aliphatic carbocycles. The molecule has 1 aliphatic rings. The van der Waals surface area contributed by atoms with Crippen molar-refractivity contribution in [2.45, 2.75) is 57.9 Å². The standard InChI is InChI=1S/C18H28N2O2/c1-3-13(2)15-11-14(12-16(19)18(21)22)7-8-17(15)20-9-5-4-6-10-20/h7-8,11,13,16H,3-6,9-10,12,19H2,1-2H3,(H,21,22). The third-order valence-corrected chi connectivity index (χ3v) is 4.70. The van der Waals surface area contributed by atoms with Gasteiger partial charge in [-0.25, -0.2) is 0 Å². The van der Waals surface area contributed by atoms with Gasteiger partial charge in [0.05, 0.1) is 0 Å². The zero-order chi connectivity index (χ0) is 16.1. The van der Waals surface area contributed by atoms with E-state index in [1.807, 2.05) is 6.07 Å². The number of anilines is 1. The number of piperidine rings is 1. The highest BCUT2D eigenvalue weighted by atomic mass is 16.4. The lowest BCUT2D eigenvalue weighted by Gasteiger charge is -2.32. The fourth-order valence-corrected chi connectivity index (χ4v) is 3.11. The predicted molar refractivity (Wildman–Crippen MR) is 90.5 cm³/mol. The van der Waals surface area contributed by atoms with E-state index < -0.39 is 12.0 Å². The number of benzene rings is 1. The maximum absolute atomic E-state index is 11.0. The van der Waals surface area contributed by atoms with E-state index in [4.69, 9.17) is 10.8 Å². The first-order valence-electron chi connectivity index (χ1n) is 8.39. The molecule has 0 saturated carbocycles. The molecule has 2 rings (SSSR count). The lowest BCUT2D eigenvalue weighted by Crippen LogP contribution is -2.32. The number of hydrogen-bond acceptors (Lipinski definition) is 3. The number of carboxylic acids is 1. The van der Waals surface area contributed by atoms with E-state index in [0.717, 1.165) is 25.1 Å². The van der Waals surface area contributed by atoms with Crippen molar-refractivity contribution in [1.29, 1.82) is 0 Å². The molecule has 1 fully saturated rings. The average molecular weight is 304 g/mol. The van der Waals surface area contributed by atoms with Gasteiger partial charge in [0, 0.05) is 18.8 Å². The van der Waals surface area contributed by atoms with Gasteiger partial charge in [0.15, 0.2) is 0 Å². The third-order valence-electron chi connectivity index (χ3n) is 4.70. The molecule has 1 aliphatic heterocycles. The summed E-state index contributed by atoms with van der Waals surface area (Å²) in [5, 5.41) is 8.99. The van der Waals surface area contributed by atoms with Crippen LogP contribution in [0.25, 0.3) is 0 Å². The largest absolute Gasteiger partial charge is 0.480 e. The number of carbonyl (C=O) groups is 1. The smallest absolute Gasteiger partial charge is 0.320 e. The first-order chi connectivity index (χ1) is 10.5. The van der Waals surface area contributed by atoms with Gasteiger partial charge in [-0.2, -0.15) is 0 Å². The predicted octanol–water partition coefficient (Wildman–Crippen LogP) is 3.14. The minimum absolute atomic E-state index is 0.388. The van der Waals surface area contributed by atoms with Crippen LogP contribution in [0.4, 0.5) is 5.69 Å². The van der Waals surface area contributed by atoms with Gasteiger partial charge in [0.25, 0.3) is 0 Å². The Balaban J connectivity index is 2.27. The maximum atomic E-state index is 11.0. The van der Waals surface area contributed by atoms with E-state index in [2.05, 4.69) is 30.9 Å². The van der Waals surface area contributed by atoms with Crippen LogP contribution in [0, 0.1) is 0 Å². The van der Waals surface area contributed by atoms with Gasteiger partial charge in [-0.3, -0.25) is 4.79 Å². The zero-order valence-corrected chi connectivity index (χ0v) is 13.7. The van der Waals surface area contributed by atoms with Crippen LogP contribution < -0.4 is 10.6 Å². The van der Waals surface area contributed by atoms with E-state index >= 15 is 0 Å². The molecule has 0 aromatic heterocycles. The fourth-order valence-electron chi connectivity index (χ4n) is 3.11. The van der Waals surface area contributed by atoms with Gasteiger partial charge < -0.3 is 15.7 Å². The van der Waals surface area contributed by atoms with Crippen LogP contribution in [0.3, 0.4) is 0 Å². The van der Waals surface area contributed by atoms with Crippen LogP contribution in [0.2, 0.25) is 0 Å². The molecule has 2 atom stereocenters. The van der Waals surface area contributed by atoms with Crippen molar-refractivity contribution >= 4 is 11.7 Å². The van der Waals surface area contributed by atoms with E-state index in [1.165, 1.54) is 30.5 Å². The summed E-state index contributed by atoms with van der Waals surface area (Å²) in [4.78, 5) is 13.4. The quantitative estimate of drug-likeness (QED) is 0.847. The fraction of sp³-hybridized carbons (Fsp3) is 0.611. The van der Waals surface area contributed by atoms with Crippen LogP contribution >= 0.6 is 0 Å². The van der Waals surface area contributed by atoms with Crippen molar-refractivity contribution in [2.24, 2.45) is 5.73 Å². The van der Waals surface area contributed by atoms with Crippen molar-refractivity contribution in [3.8, 4) is 0 Å². The normalized spacial score (nSPS) is 18.0. The van der Waals surface area contributed by atoms with Crippen molar-refractivity contribution in [1.82, 2.24) is 0 Å². The molecule has 1 aromatic carbocycles. The second kappa shape index (κ2) is 7.63. The molecular weight excluding hydrogens is 276 g/mol. The molecule has 1 aromatic rings. The van der Waals surface area contributed by atoms with Gasteiger partial charge in [-0.15, -0.1) is 0 Å². The van der Waals surface area contributed by atoms with Crippen molar-refractivity contribution in [3.05, 3.63) is 29.3 Å². The van der Waals surface area contributed by atoms with Crippen LogP contribution in [-0.2, 0) is 11.2 Å². The van der Waals surface area contributed by atoms with E-state index in [0.29, 0.717) is 12.3 Å². The van der Waals surface area contributed by atoms with E-state index in [9.17, 15) is 4.79 Å². The zero-order valence-electron chi connectivity index (χ0n) is 13.7. The summed E-state index contributed by atoms with van der Waals surface area (Å²) in [6.45, 7) is 6.68. The summed E-state index contributed by atoms with van der Waals surface area (Å²) in [5.41, 5.74) is 9.35. The first-order valence-corrected chi connectivity index (χ1v) is 8.39. The molecule has 4 nitrogen and oxygen atoms in total. The van der Waals surface area contributed by atoms with E-state index in [1.54, 1.807) is 0 Å². The Bertz CT molecular complexity index is 510. The van der Waals surface area contributed by atoms with Gasteiger partial charge >= 0.3 is 5.97 Å². The van der Waals surface area contributed by atoms with Crippen molar-refractivity contribution in [2.75, 3.05) is 18.0 Å². The Morgan fingerprint density at radius 1 is 1.32 bits per heavy atom. The molecule has 0 spiro atoms. The van der Waals surface area contributed by atoms with Crippen LogP contribution in [0.1, 0.15) is 56.6 Å². The molecule has 4 heteroatoms. The summed E-state index contributed by atoms with van der Waals surface area (Å²) in [7, 11) is 0. The molecule has 22 heavy (non-hydrogen) atoms. The van der Waals surface area contributed by atoms with Crippen LogP contribution in [0.5, 0.6) is 0 Å². The van der Waals surface area contributed by atoms with Gasteiger partial charge in [0.1, 0.15) is 6.04 Å². The van der Waals surface area contributed by atoms with Gasteiger partial charge in [0.2, 0.25) is 0 Å². The Kier molecular flexibility index (Phi) is 5.83. The number of aliphatic carboxylic acids is 1. The Hall–Kier alpha value is -1.55. The second-order valence-corrected chi connectivity index (χ2v) is 6.40. The average Bonchev–Trinajstić information content (AvgIpc) is 2.54. The molecule has 0 amide bonds. The Labute approximate surface area is 133 Å². The topological polar surface area (TPSA) is 66.6 Å². The Morgan fingerprint density at radius 2 is 2.00 bits per heavy atom. The number of hydrogen-bond donors (Lipinski definition) is 2. The van der Waals surface area contributed by atoms with Crippen molar-refractivity contribution < 1.29 is 9.90 Å². The summed E-state index contributed by atoms with van der Waals surface area (Å²) >= 11 is 0. The highest BCUT2D eigenvalue weighted by molar-refractivity contribution is 5.73. The highest BCUT2D eigenvalue weighted by Gasteiger charge is 2.19. The minimum Gasteiger partial charge on any atom is -0.480 e. The monoisotopic (exact) mass is 304 g/mol. The van der Waals surface area contributed by atoms with E-state index in [-0.39, 0.29) is 0 Å². The third kappa shape index (κ3) is 4.01. The van der Waals surface area contributed by atoms with Gasteiger partial charge in [-0.1, -0.05) is 26.0 Å². The summed E-state index contributed by atoms with van der Waals surface area (Å²) < 4.78 is 0. The lowest BCUT2D eigenvalue weighted by atomic mass is 9.92. The number of nitrogens with two attached hydrogens (primary N) is 1. The summed E-state index contributed by atoms with van der Waals surface area (Å²) in [6, 6.07) is 5.54. The van der Waals surface area contributed by atoms with Crippen LogP contribution in [-0.4, -0.2) is 30.2 Å². The molecule has 1 heterocycles. The molecule has 0 radical (unpaired) electrons. The molecule has 0 bridgehead atoms. The SMILES string of the molecule is CCC(C)c1cc(CC(N)C(=O)O)ccc1N1CCCCC1. The maximum Gasteiger partial charge on any atom is 0.320 e. The molecular formula is C18H28N2O2. The molecule has 2 unspecified atom stereocenters. The molecule has 3 N–H and O–H groups in total. The van der Waals surface area contributed by atoms with Crippen molar-refractivity contribution in [3.63, 3.8) is 0 Å². The molecule has 122 valence electrons. The highest BCUT2D eigenvalue weighted by Crippen LogP contribution is 2.32. The lowest BCUT2D eigenvalue weighted by molar-refractivity contribution is -0.138. The summed E-state index contributed by atoms with van der Waals surface area (Å²) in [6.07, 6.45) is 5.30. The molecule has 1 saturated heterocycles. The number of nitrogens with zero attached hydrogens (tertiary/aromatic N) is 1. The Morgan fingerprint density at radius 3 is 2.59 bits per heavy atom. The second-order valence-electron chi connectivity index (χ2n) is 6.40. The number of rotatable bonds is 6. The van der Waals surface area contributed by atoms with Crippen LogP contribution in [0.15, 0.2) is 18.2 Å². The summed E-state index contributed by atoms with van der Waals surface area (Å²) in [5.74, 6) is -0.469. The minimum atomic E-state index is -0.940. The number of carboxylic acid groups (broad SMARTS) is 1. The first kappa shape index (κ1) is 16.8. The van der Waals surface area contributed by atoms with Gasteiger partial charge in [-0.05, 0) is 55.2 Å².